The number of hydrogen-bond acceptors (Lipinski definition) is 2. The number of hydrogen-bond donors (Lipinski definition) is 1. The van der Waals surface area contributed by atoms with Crippen LogP contribution in [-0.2, 0) is 0 Å². The molecule has 3 nitrogen and oxygen atoms in total. The first-order valence-corrected chi connectivity index (χ1v) is 7.01. The maximum Gasteiger partial charge on any atom is 0.253 e. The molecular weight excluding hydrogens is 325 g/mol. The molecular formula is C15H15BrFNO2. The highest BCUT2D eigenvalue weighted by molar-refractivity contribution is 9.10. The van der Waals surface area contributed by atoms with Crippen LogP contribution in [-0.4, -0.2) is 5.91 Å². The smallest absolute Gasteiger partial charge is 0.253 e. The van der Waals surface area contributed by atoms with Crippen LogP contribution in [0.15, 0.2) is 33.2 Å². The fraction of sp³-hybridized carbons (Fsp3) is 0.267. The number of benzene rings is 1. The van der Waals surface area contributed by atoms with Gasteiger partial charge < -0.3 is 9.73 Å². The molecule has 0 fully saturated rings. The topological polar surface area (TPSA) is 42.2 Å². The Bertz CT molecular complexity index is 651. The lowest BCUT2D eigenvalue weighted by Crippen LogP contribution is -2.27. The van der Waals surface area contributed by atoms with E-state index in [0.717, 1.165) is 17.1 Å². The maximum absolute atomic E-state index is 13.4. The molecule has 0 saturated carbocycles. The van der Waals surface area contributed by atoms with Gasteiger partial charge in [0, 0.05) is 5.56 Å². The molecule has 0 saturated heterocycles. The summed E-state index contributed by atoms with van der Waals surface area (Å²) in [6, 6.07) is 6.06. The summed E-state index contributed by atoms with van der Waals surface area (Å²) in [5, 5.41) is 2.84. The molecule has 1 heterocycles. The number of amides is 1. The van der Waals surface area contributed by atoms with Crippen LogP contribution in [0.1, 0.15) is 40.4 Å². The molecule has 20 heavy (non-hydrogen) atoms. The van der Waals surface area contributed by atoms with Crippen LogP contribution >= 0.6 is 15.9 Å². The zero-order valence-corrected chi connectivity index (χ0v) is 13.0. The van der Waals surface area contributed by atoms with Crippen LogP contribution in [0.5, 0.6) is 0 Å². The zero-order valence-electron chi connectivity index (χ0n) is 11.5. The van der Waals surface area contributed by atoms with Gasteiger partial charge in [0.15, 0.2) is 0 Å². The van der Waals surface area contributed by atoms with Crippen LogP contribution < -0.4 is 5.32 Å². The van der Waals surface area contributed by atoms with E-state index in [1.54, 1.807) is 6.07 Å². The van der Waals surface area contributed by atoms with E-state index in [2.05, 4.69) is 21.2 Å². The highest BCUT2D eigenvalue weighted by Gasteiger charge is 2.18. The molecule has 1 atom stereocenters. The standard InChI is InChI=1S/C15H15BrFNO2/c1-8-7-12(10(3)20-8)9(2)18-15(19)11-5-4-6-13(17)14(11)16/h4-7,9H,1-3H3,(H,18,19). The van der Waals surface area contributed by atoms with E-state index in [9.17, 15) is 9.18 Å². The largest absolute Gasteiger partial charge is 0.466 e. The molecule has 0 radical (unpaired) electrons. The van der Waals surface area contributed by atoms with Crippen molar-refractivity contribution >= 4 is 21.8 Å². The Labute approximate surface area is 125 Å². The fourth-order valence-corrected chi connectivity index (χ4v) is 2.56. The molecule has 5 heteroatoms. The van der Waals surface area contributed by atoms with Gasteiger partial charge in [-0.25, -0.2) is 4.39 Å². The van der Waals surface area contributed by atoms with Gasteiger partial charge in [-0.05, 0) is 54.9 Å². The van der Waals surface area contributed by atoms with Crippen molar-refractivity contribution in [2.45, 2.75) is 26.8 Å². The van der Waals surface area contributed by atoms with Crippen LogP contribution in [0.2, 0.25) is 0 Å². The first kappa shape index (κ1) is 14.8. The average Bonchev–Trinajstić information content (AvgIpc) is 2.71. The summed E-state index contributed by atoms with van der Waals surface area (Å²) in [4.78, 5) is 12.2. The van der Waals surface area contributed by atoms with E-state index in [-0.39, 0.29) is 22.0 Å². The predicted molar refractivity (Wildman–Crippen MR) is 78.2 cm³/mol. The van der Waals surface area contributed by atoms with E-state index < -0.39 is 5.82 Å². The van der Waals surface area contributed by atoms with E-state index in [1.165, 1.54) is 12.1 Å². The third kappa shape index (κ3) is 2.93. The zero-order chi connectivity index (χ0) is 14.9. The summed E-state index contributed by atoms with van der Waals surface area (Å²) < 4.78 is 19.0. The van der Waals surface area contributed by atoms with Crippen LogP contribution in [0.3, 0.4) is 0 Å². The number of aryl methyl sites for hydroxylation is 2. The van der Waals surface area contributed by atoms with Crippen LogP contribution in [0.4, 0.5) is 4.39 Å². The first-order chi connectivity index (χ1) is 9.40. The second-order valence-electron chi connectivity index (χ2n) is 4.67. The predicted octanol–water partition coefficient (Wildman–Crippen LogP) is 4.29. The van der Waals surface area contributed by atoms with Gasteiger partial charge in [-0.15, -0.1) is 0 Å². The van der Waals surface area contributed by atoms with E-state index in [1.807, 2.05) is 26.8 Å². The Morgan fingerprint density at radius 1 is 1.40 bits per heavy atom. The number of carbonyl (C=O) groups excluding carboxylic acids is 1. The van der Waals surface area contributed by atoms with Gasteiger partial charge in [-0.1, -0.05) is 6.07 Å². The highest BCUT2D eigenvalue weighted by atomic mass is 79.9. The average molecular weight is 340 g/mol. The summed E-state index contributed by atoms with van der Waals surface area (Å²) >= 11 is 3.09. The second-order valence-corrected chi connectivity index (χ2v) is 5.46. The van der Waals surface area contributed by atoms with Gasteiger partial charge >= 0.3 is 0 Å². The van der Waals surface area contributed by atoms with Gasteiger partial charge in [0.2, 0.25) is 0 Å². The molecule has 1 aromatic carbocycles. The van der Waals surface area contributed by atoms with Gasteiger partial charge in [0.1, 0.15) is 17.3 Å². The lowest BCUT2D eigenvalue weighted by molar-refractivity contribution is 0.0938. The van der Waals surface area contributed by atoms with Crippen molar-refractivity contribution in [3.8, 4) is 0 Å². The number of halogens is 2. The lowest BCUT2D eigenvalue weighted by atomic mass is 10.1. The summed E-state index contributed by atoms with van der Waals surface area (Å²) in [7, 11) is 0. The Morgan fingerprint density at radius 2 is 2.10 bits per heavy atom. The number of furan rings is 1. The molecule has 0 spiro atoms. The lowest BCUT2D eigenvalue weighted by Gasteiger charge is -2.14. The minimum atomic E-state index is -0.458. The molecule has 2 aromatic rings. The molecule has 1 unspecified atom stereocenters. The number of rotatable bonds is 3. The van der Waals surface area contributed by atoms with Crippen molar-refractivity contribution in [3.05, 3.63) is 57.2 Å². The van der Waals surface area contributed by atoms with Gasteiger partial charge in [-0.3, -0.25) is 4.79 Å². The van der Waals surface area contributed by atoms with Crippen LogP contribution in [0.25, 0.3) is 0 Å². The van der Waals surface area contributed by atoms with Gasteiger partial charge in [0.25, 0.3) is 5.91 Å². The van der Waals surface area contributed by atoms with Crippen molar-refractivity contribution in [1.82, 2.24) is 5.32 Å². The molecule has 0 aliphatic carbocycles. The van der Waals surface area contributed by atoms with Crippen LogP contribution in [0, 0.1) is 19.7 Å². The Hall–Kier alpha value is -1.62. The summed E-state index contributed by atoms with van der Waals surface area (Å²) in [6.45, 7) is 5.57. The molecule has 0 bridgehead atoms. The molecule has 0 aliphatic heterocycles. The van der Waals surface area contributed by atoms with Gasteiger partial charge in [0.05, 0.1) is 16.1 Å². The van der Waals surface area contributed by atoms with Gasteiger partial charge in [-0.2, -0.15) is 0 Å². The fourth-order valence-electron chi connectivity index (χ4n) is 2.11. The van der Waals surface area contributed by atoms with Crippen molar-refractivity contribution in [2.24, 2.45) is 0 Å². The minimum absolute atomic E-state index is 0.171. The summed E-state index contributed by atoms with van der Waals surface area (Å²) in [5.41, 5.74) is 1.19. The summed E-state index contributed by atoms with van der Waals surface area (Å²) in [5.74, 6) is 0.780. The Morgan fingerprint density at radius 3 is 2.70 bits per heavy atom. The van der Waals surface area contributed by atoms with Crippen molar-refractivity contribution in [1.29, 1.82) is 0 Å². The molecule has 1 aromatic heterocycles. The Balaban J connectivity index is 2.19. The molecule has 0 aliphatic rings. The van der Waals surface area contributed by atoms with E-state index >= 15 is 0 Å². The molecule has 1 N–H and O–H groups in total. The summed E-state index contributed by atoms with van der Waals surface area (Å²) in [6.07, 6.45) is 0. The minimum Gasteiger partial charge on any atom is -0.466 e. The number of carbonyl (C=O) groups is 1. The first-order valence-electron chi connectivity index (χ1n) is 6.22. The normalized spacial score (nSPS) is 12.2. The highest BCUT2D eigenvalue weighted by Crippen LogP contribution is 2.24. The van der Waals surface area contributed by atoms with Crippen molar-refractivity contribution in [3.63, 3.8) is 0 Å². The molecule has 1 amide bonds. The van der Waals surface area contributed by atoms with Crippen molar-refractivity contribution in [2.75, 3.05) is 0 Å². The number of nitrogens with one attached hydrogen (secondary N) is 1. The third-order valence-corrected chi connectivity index (χ3v) is 3.90. The van der Waals surface area contributed by atoms with E-state index in [4.69, 9.17) is 4.42 Å². The SMILES string of the molecule is Cc1cc(C(C)NC(=O)c2cccc(F)c2Br)c(C)o1. The van der Waals surface area contributed by atoms with E-state index in [0.29, 0.717) is 0 Å². The quantitative estimate of drug-likeness (QED) is 0.906. The second kappa shape index (κ2) is 5.79. The molecule has 2 rings (SSSR count). The Kier molecular flexibility index (Phi) is 4.28. The molecule has 106 valence electrons. The van der Waals surface area contributed by atoms with Crippen molar-refractivity contribution < 1.29 is 13.6 Å². The monoisotopic (exact) mass is 339 g/mol. The third-order valence-electron chi connectivity index (χ3n) is 3.09. The maximum atomic E-state index is 13.4.